The number of aryl methyl sites for hydroxylation is 1. The minimum atomic E-state index is -0.608. The van der Waals surface area contributed by atoms with Crippen molar-refractivity contribution in [3.05, 3.63) is 35.4 Å². The van der Waals surface area contributed by atoms with Gasteiger partial charge in [-0.05, 0) is 49.1 Å². The number of esters is 1. The first kappa shape index (κ1) is 20.4. The number of hydrogen-bond acceptors (Lipinski definition) is 4. The van der Waals surface area contributed by atoms with E-state index in [4.69, 9.17) is 4.74 Å². The first-order valence-corrected chi connectivity index (χ1v) is 9.87. The molecule has 6 heteroatoms. The number of nitrogens with one attached hydrogen (secondary N) is 1. The molecule has 1 aromatic rings. The van der Waals surface area contributed by atoms with E-state index in [2.05, 4.69) is 26.1 Å². The largest absolute Gasteiger partial charge is 0.454 e. The van der Waals surface area contributed by atoms with E-state index >= 15 is 0 Å². The Labute approximate surface area is 166 Å². The van der Waals surface area contributed by atoms with Gasteiger partial charge in [0.25, 0.3) is 11.8 Å². The summed E-state index contributed by atoms with van der Waals surface area (Å²) in [5.41, 5.74) is 1.83. The Morgan fingerprint density at radius 2 is 1.96 bits per heavy atom. The van der Waals surface area contributed by atoms with Crippen molar-refractivity contribution in [2.75, 3.05) is 19.7 Å². The van der Waals surface area contributed by atoms with Gasteiger partial charge in [-0.2, -0.15) is 0 Å². The lowest BCUT2D eigenvalue weighted by Gasteiger charge is -2.39. The summed E-state index contributed by atoms with van der Waals surface area (Å²) in [5.74, 6) is -1.09. The van der Waals surface area contributed by atoms with Crippen LogP contribution in [0.1, 0.15) is 56.0 Å². The molecule has 3 rings (SSSR count). The topological polar surface area (TPSA) is 75.7 Å². The molecule has 1 aliphatic heterocycles. The Kier molecular flexibility index (Phi) is 5.50. The van der Waals surface area contributed by atoms with E-state index in [9.17, 15) is 14.4 Å². The van der Waals surface area contributed by atoms with E-state index < -0.39 is 5.97 Å². The molecule has 0 spiro atoms. The monoisotopic (exact) mass is 386 g/mol. The molecular formula is C22H30N2O4. The zero-order chi connectivity index (χ0) is 20.5. The molecule has 1 heterocycles. The summed E-state index contributed by atoms with van der Waals surface area (Å²) in [4.78, 5) is 38.5. The normalized spacial score (nSPS) is 25.3. The van der Waals surface area contributed by atoms with Gasteiger partial charge < -0.3 is 15.0 Å². The van der Waals surface area contributed by atoms with Crippen LogP contribution in [0.2, 0.25) is 0 Å². The molecule has 1 aliphatic carbocycles. The number of likely N-dealkylation sites (tertiary alicyclic amines) is 1. The molecule has 1 saturated heterocycles. The van der Waals surface area contributed by atoms with E-state index in [0.29, 0.717) is 5.56 Å². The predicted octanol–water partition coefficient (Wildman–Crippen LogP) is 2.70. The minimum absolute atomic E-state index is 0.147. The summed E-state index contributed by atoms with van der Waals surface area (Å²) in [6.45, 7) is 8.83. The van der Waals surface area contributed by atoms with Gasteiger partial charge in [0.2, 0.25) is 0 Å². The van der Waals surface area contributed by atoms with Crippen molar-refractivity contribution in [3.63, 3.8) is 0 Å². The van der Waals surface area contributed by atoms with Crippen LogP contribution in [0.15, 0.2) is 24.3 Å². The Morgan fingerprint density at radius 3 is 2.68 bits per heavy atom. The molecule has 28 heavy (non-hydrogen) atoms. The smallest absolute Gasteiger partial charge is 0.325 e. The zero-order valence-corrected chi connectivity index (χ0v) is 17.2. The number of carbonyl (C=O) groups excluding carboxylic acids is 3. The molecular weight excluding hydrogens is 356 g/mol. The first-order chi connectivity index (χ1) is 13.1. The van der Waals surface area contributed by atoms with Gasteiger partial charge in [0.15, 0.2) is 6.61 Å². The number of amides is 2. The second kappa shape index (κ2) is 7.57. The number of carbonyl (C=O) groups is 3. The minimum Gasteiger partial charge on any atom is -0.454 e. The fourth-order valence-corrected chi connectivity index (χ4v) is 5.07. The molecule has 152 valence electrons. The van der Waals surface area contributed by atoms with Crippen LogP contribution in [0.25, 0.3) is 0 Å². The van der Waals surface area contributed by atoms with Gasteiger partial charge in [0.1, 0.15) is 6.54 Å². The average Bonchev–Trinajstić information content (AvgIpc) is 2.86. The molecule has 1 saturated carbocycles. The number of benzene rings is 1. The van der Waals surface area contributed by atoms with Crippen LogP contribution in [0.3, 0.4) is 0 Å². The second-order valence-electron chi connectivity index (χ2n) is 9.45. The molecule has 2 fully saturated rings. The maximum Gasteiger partial charge on any atom is 0.325 e. The molecule has 2 aliphatic rings. The summed E-state index contributed by atoms with van der Waals surface area (Å²) in [7, 11) is 0. The van der Waals surface area contributed by atoms with Crippen LogP contribution in [0, 0.1) is 17.8 Å². The third kappa shape index (κ3) is 4.72. The maximum absolute atomic E-state index is 12.6. The van der Waals surface area contributed by atoms with Crippen molar-refractivity contribution in [2.24, 2.45) is 10.8 Å². The van der Waals surface area contributed by atoms with Gasteiger partial charge in [-0.25, -0.2) is 0 Å². The third-order valence-electron chi connectivity index (χ3n) is 5.77. The molecule has 1 aromatic carbocycles. The highest BCUT2D eigenvalue weighted by molar-refractivity contribution is 5.96. The number of hydrogen-bond donors (Lipinski definition) is 1. The first-order valence-electron chi connectivity index (χ1n) is 9.87. The van der Waals surface area contributed by atoms with Gasteiger partial charge in [-0.1, -0.05) is 38.5 Å². The number of fused-ring (bicyclic) bond motifs is 2. The lowest BCUT2D eigenvalue weighted by atomic mass is 9.65. The SMILES string of the molecule is Cc1cccc(C(=O)NCC(=O)OCC(=O)N2C[C@]3(C)C[C@H]2CC(C)(C)C3)c1. The Hall–Kier alpha value is -2.37. The van der Waals surface area contributed by atoms with Crippen LogP contribution in [-0.4, -0.2) is 48.4 Å². The summed E-state index contributed by atoms with van der Waals surface area (Å²) in [5, 5.41) is 2.53. The van der Waals surface area contributed by atoms with E-state index in [0.717, 1.165) is 31.4 Å². The molecule has 2 bridgehead atoms. The van der Waals surface area contributed by atoms with Crippen LogP contribution in [0.5, 0.6) is 0 Å². The highest BCUT2D eigenvalue weighted by Gasteiger charge is 2.50. The molecule has 6 nitrogen and oxygen atoms in total. The maximum atomic E-state index is 12.6. The standard InChI is InChI=1S/C22H30N2O4/c1-15-6-5-7-16(8-15)20(27)23-11-19(26)28-12-18(25)24-14-22(4)10-17(24)9-21(2,3)13-22/h5-8,17H,9-14H2,1-4H3,(H,23,27)/t17-,22-/m1/s1. The van der Waals surface area contributed by atoms with E-state index in [-0.39, 0.29) is 41.8 Å². The molecule has 0 radical (unpaired) electrons. The van der Waals surface area contributed by atoms with Gasteiger partial charge in [0, 0.05) is 18.2 Å². The molecule has 2 atom stereocenters. The summed E-state index contributed by atoms with van der Waals surface area (Å²) in [6.07, 6.45) is 3.10. The highest BCUT2D eigenvalue weighted by Crippen LogP contribution is 2.52. The quantitative estimate of drug-likeness (QED) is 0.790. The van der Waals surface area contributed by atoms with E-state index in [1.54, 1.807) is 18.2 Å². The van der Waals surface area contributed by atoms with Gasteiger partial charge in [-0.15, -0.1) is 0 Å². The fourth-order valence-electron chi connectivity index (χ4n) is 5.07. The van der Waals surface area contributed by atoms with Crippen LogP contribution >= 0.6 is 0 Å². The number of rotatable bonds is 5. The van der Waals surface area contributed by atoms with Crippen molar-refractivity contribution >= 4 is 17.8 Å². The number of nitrogens with zero attached hydrogens (tertiary/aromatic N) is 1. The van der Waals surface area contributed by atoms with Crippen molar-refractivity contribution in [1.29, 1.82) is 0 Å². The van der Waals surface area contributed by atoms with Crippen molar-refractivity contribution in [1.82, 2.24) is 10.2 Å². The zero-order valence-electron chi connectivity index (χ0n) is 17.2. The lowest BCUT2D eigenvalue weighted by Crippen LogP contribution is -2.40. The highest BCUT2D eigenvalue weighted by atomic mass is 16.5. The summed E-state index contributed by atoms with van der Waals surface area (Å²) >= 11 is 0. The van der Waals surface area contributed by atoms with Crippen LogP contribution in [-0.2, 0) is 14.3 Å². The Balaban J connectivity index is 1.46. The Bertz CT molecular complexity index is 788. The van der Waals surface area contributed by atoms with Crippen molar-refractivity contribution < 1.29 is 19.1 Å². The second-order valence-corrected chi connectivity index (χ2v) is 9.45. The predicted molar refractivity (Wildman–Crippen MR) is 106 cm³/mol. The lowest BCUT2D eigenvalue weighted by molar-refractivity contribution is -0.151. The van der Waals surface area contributed by atoms with Gasteiger partial charge in [0.05, 0.1) is 0 Å². The van der Waals surface area contributed by atoms with Crippen molar-refractivity contribution in [2.45, 2.75) is 53.0 Å². The van der Waals surface area contributed by atoms with Crippen LogP contribution in [0.4, 0.5) is 0 Å². The van der Waals surface area contributed by atoms with E-state index in [1.807, 2.05) is 17.9 Å². The summed E-state index contributed by atoms with van der Waals surface area (Å²) < 4.78 is 5.11. The van der Waals surface area contributed by atoms with Gasteiger partial charge in [-0.3, -0.25) is 14.4 Å². The molecule has 0 unspecified atom stereocenters. The molecule has 0 aromatic heterocycles. The van der Waals surface area contributed by atoms with Crippen LogP contribution < -0.4 is 5.32 Å². The number of ether oxygens (including phenoxy) is 1. The van der Waals surface area contributed by atoms with Gasteiger partial charge >= 0.3 is 5.97 Å². The average molecular weight is 386 g/mol. The van der Waals surface area contributed by atoms with E-state index in [1.165, 1.54) is 0 Å². The molecule has 2 amide bonds. The fraction of sp³-hybridized carbons (Fsp3) is 0.591. The third-order valence-corrected chi connectivity index (χ3v) is 5.77. The summed E-state index contributed by atoms with van der Waals surface area (Å²) in [6, 6.07) is 7.34. The molecule has 1 N–H and O–H groups in total. The Morgan fingerprint density at radius 1 is 1.21 bits per heavy atom. The van der Waals surface area contributed by atoms with Crippen molar-refractivity contribution in [3.8, 4) is 0 Å².